The van der Waals surface area contributed by atoms with E-state index in [1.807, 2.05) is 0 Å². The molecule has 1 atom stereocenters. The van der Waals surface area contributed by atoms with E-state index in [1.165, 1.54) is 12.8 Å². The topological polar surface area (TPSA) is 41.1 Å². The average Bonchev–Trinajstić information content (AvgIpc) is 2.74. The number of rotatable bonds is 4. The van der Waals surface area contributed by atoms with Crippen LogP contribution in [-0.2, 0) is 0 Å². The lowest BCUT2D eigenvalue weighted by Gasteiger charge is -2.24. The van der Waals surface area contributed by atoms with Gasteiger partial charge in [0.2, 0.25) is 0 Å². The monoisotopic (exact) mass is 298 g/mol. The molecule has 0 saturated carbocycles. The van der Waals surface area contributed by atoms with Crippen molar-refractivity contribution in [2.24, 2.45) is 0 Å². The van der Waals surface area contributed by atoms with Gasteiger partial charge < -0.3 is 10.2 Å². The molecule has 0 amide bonds. The zero-order chi connectivity index (χ0) is 12.3. The third kappa shape index (κ3) is 2.70. The molecule has 94 valence electrons. The minimum absolute atomic E-state index is 0.570. The first kappa shape index (κ1) is 12.6. The number of nitrogens with zero attached hydrogens (tertiary/aromatic N) is 3. The summed E-state index contributed by atoms with van der Waals surface area (Å²) in [5, 5.41) is 3.32. The fraction of sp³-hybridized carbons (Fsp3) is 0.667. The van der Waals surface area contributed by atoms with Crippen LogP contribution in [0.15, 0.2) is 10.8 Å². The van der Waals surface area contributed by atoms with Crippen molar-refractivity contribution >= 4 is 27.6 Å². The van der Waals surface area contributed by atoms with E-state index >= 15 is 0 Å². The minimum Gasteiger partial charge on any atom is -0.369 e. The van der Waals surface area contributed by atoms with Gasteiger partial charge in [-0.2, -0.15) is 0 Å². The van der Waals surface area contributed by atoms with Gasteiger partial charge in [-0.1, -0.05) is 6.92 Å². The van der Waals surface area contributed by atoms with Gasteiger partial charge in [-0.3, -0.25) is 0 Å². The maximum absolute atomic E-state index is 4.41. The SMILES string of the molecule is CCCNc1ncnc(N2CCCC2C)c1Br. The van der Waals surface area contributed by atoms with E-state index in [-0.39, 0.29) is 0 Å². The molecular weight excluding hydrogens is 280 g/mol. The highest BCUT2D eigenvalue weighted by Crippen LogP contribution is 2.33. The van der Waals surface area contributed by atoms with Gasteiger partial charge in [0.15, 0.2) is 0 Å². The van der Waals surface area contributed by atoms with Crippen molar-refractivity contribution in [3.63, 3.8) is 0 Å². The molecule has 1 fully saturated rings. The summed E-state index contributed by atoms with van der Waals surface area (Å²) < 4.78 is 0.988. The molecule has 1 unspecified atom stereocenters. The minimum atomic E-state index is 0.570. The molecule has 4 nitrogen and oxygen atoms in total. The van der Waals surface area contributed by atoms with Gasteiger partial charge in [0, 0.05) is 19.1 Å². The number of aromatic nitrogens is 2. The molecule has 0 spiro atoms. The third-order valence-electron chi connectivity index (χ3n) is 3.14. The van der Waals surface area contributed by atoms with Gasteiger partial charge >= 0.3 is 0 Å². The second kappa shape index (κ2) is 5.67. The Kier molecular flexibility index (Phi) is 4.20. The average molecular weight is 299 g/mol. The molecule has 2 heterocycles. The molecule has 2 rings (SSSR count). The van der Waals surface area contributed by atoms with Crippen LogP contribution in [0, 0.1) is 0 Å². The predicted octanol–water partition coefficient (Wildman–Crippen LogP) is 3.05. The van der Waals surface area contributed by atoms with E-state index < -0.39 is 0 Å². The van der Waals surface area contributed by atoms with Crippen molar-refractivity contribution in [1.29, 1.82) is 0 Å². The molecule has 17 heavy (non-hydrogen) atoms. The van der Waals surface area contributed by atoms with Gasteiger partial charge in [-0.15, -0.1) is 0 Å². The van der Waals surface area contributed by atoms with Crippen molar-refractivity contribution < 1.29 is 0 Å². The summed E-state index contributed by atoms with van der Waals surface area (Å²) in [5.41, 5.74) is 0. The number of hydrogen-bond donors (Lipinski definition) is 1. The van der Waals surface area contributed by atoms with E-state index in [9.17, 15) is 0 Å². The van der Waals surface area contributed by atoms with Crippen LogP contribution in [0.1, 0.15) is 33.1 Å². The maximum Gasteiger partial charge on any atom is 0.148 e. The lowest BCUT2D eigenvalue weighted by molar-refractivity contribution is 0.724. The third-order valence-corrected chi connectivity index (χ3v) is 3.87. The van der Waals surface area contributed by atoms with Crippen molar-refractivity contribution in [2.75, 3.05) is 23.3 Å². The van der Waals surface area contributed by atoms with Gasteiger partial charge in [-0.25, -0.2) is 9.97 Å². The van der Waals surface area contributed by atoms with Crippen molar-refractivity contribution in [2.45, 2.75) is 39.2 Å². The molecule has 1 aromatic heterocycles. The highest BCUT2D eigenvalue weighted by atomic mass is 79.9. The smallest absolute Gasteiger partial charge is 0.148 e. The summed E-state index contributed by atoms with van der Waals surface area (Å²) in [6, 6.07) is 0.570. The fourth-order valence-electron chi connectivity index (χ4n) is 2.18. The Balaban J connectivity index is 2.22. The second-order valence-corrected chi connectivity index (χ2v) is 5.26. The standard InChI is InChI=1S/C12H19BrN4/c1-3-6-14-11-10(13)12(16-8-15-11)17-7-4-5-9(17)2/h8-9H,3-7H2,1-2H3,(H,14,15,16). The Morgan fingerprint density at radius 1 is 1.53 bits per heavy atom. The summed E-state index contributed by atoms with van der Waals surface area (Å²) in [4.78, 5) is 11.0. The van der Waals surface area contributed by atoms with Crippen LogP contribution in [0.25, 0.3) is 0 Å². The maximum atomic E-state index is 4.41. The van der Waals surface area contributed by atoms with Gasteiger partial charge in [-0.05, 0) is 42.1 Å². The van der Waals surface area contributed by atoms with E-state index in [0.717, 1.165) is 35.6 Å². The molecule has 1 aliphatic rings. The van der Waals surface area contributed by atoms with E-state index in [4.69, 9.17) is 0 Å². The Labute approximate surface area is 111 Å². The summed E-state index contributed by atoms with van der Waals surface area (Å²) in [6.45, 7) is 6.42. The second-order valence-electron chi connectivity index (χ2n) is 4.47. The Morgan fingerprint density at radius 3 is 3.00 bits per heavy atom. The molecular formula is C12H19BrN4. The lowest BCUT2D eigenvalue weighted by atomic mass is 10.2. The van der Waals surface area contributed by atoms with Gasteiger partial charge in [0.25, 0.3) is 0 Å². The van der Waals surface area contributed by atoms with Crippen LogP contribution < -0.4 is 10.2 Å². The van der Waals surface area contributed by atoms with Crippen molar-refractivity contribution in [3.05, 3.63) is 10.8 Å². The Morgan fingerprint density at radius 2 is 2.35 bits per heavy atom. The molecule has 5 heteroatoms. The Bertz CT molecular complexity index is 383. The quantitative estimate of drug-likeness (QED) is 0.928. The number of hydrogen-bond acceptors (Lipinski definition) is 4. The first-order chi connectivity index (χ1) is 8.24. The van der Waals surface area contributed by atoms with Crippen LogP contribution in [0.5, 0.6) is 0 Å². The molecule has 1 aromatic rings. The summed E-state index contributed by atoms with van der Waals surface area (Å²) in [5.74, 6) is 1.92. The molecule has 1 aliphatic heterocycles. The lowest BCUT2D eigenvalue weighted by Crippen LogP contribution is -2.27. The normalized spacial score (nSPS) is 19.7. The summed E-state index contributed by atoms with van der Waals surface area (Å²) in [7, 11) is 0. The van der Waals surface area contributed by atoms with E-state index in [0.29, 0.717) is 6.04 Å². The zero-order valence-electron chi connectivity index (χ0n) is 10.4. The highest BCUT2D eigenvalue weighted by Gasteiger charge is 2.24. The fourth-order valence-corrected chi connectivity index (χ4v) is 2.75. The van der Waals surface area contributed by atoms with Crippen molar-refractivity contribution in [3.8, 4) is 0 Å². The molecule has 0 radical (unpaired) electrons. The number of anilines is 2. The van der Waals surface area contributed by atoms with Crippen LogP contribution in [0.4, 0.5) is 11.6 Å². The van der Waals surface area contributed by atoms with Crippen LogP contribution in [0.3, 0.4) is 0 Å². The van der Waals surface area contributed by atoms with Gasteiger partial charge in [0.1, 0.15) is 22.4 Å². The van der Waals surface area contributed by atoms with E-state index in [1.54, 1.807) is 6.33 Å². The van der Waals surface area contributed by atoms with Crippen LogP contribution in [-0.4, -0.2) is 29.1 Å². The highest BCUT2D eigenvalue weighted by molar-refractivity contribution is 9.10. The predicted molar refractivity (Wildman–Crippen MR) is 74.6 cm³/mol. The first-order valence-electron chi connectivity index (χ1n) is 6.25. The van der Waals surface area contributed by atoms with Crippen molar-refractivity contribution in [1.82, 2.24) is 9.97 Å². The summed E-state index contributed by atoms with van der Waals surface area (Å²) in [6.07, 6.45) is 5.22. The summed E-state index contributed by atoms with van der Waals surface area (Å²) >= 11 is 3.62. The first-order valence-corrected chi connectivity index (χ1v) is 7.04. The van der Waals surface area contributed by atoms with Crippen LogP contribution in [0.2, 0.25) is 0 Å². The molecule has 0 aromatic carbocycles. The molecule has 1 N–H and O–H groups in total. The molecule has 0 aliphatic carbocycles. The number of nitrogens with one attached hydrogen (secondary N) is 1. The number of halogens is 1. The van der Waals surface area contributed by atoms with Crippen LogP contribution >= 0.6 is 15.9 Å². The molecule has 0 bridgehead atoms. The van der Waals surface area contributed by atoms with E-state index in [2.05, 4.69) is 50.0 Å². The molecule has 1 saturated heterocycles. The Hall–Kier alpha value is -0.840. The largest absolute Gasteiger partial charge is 0.369 e. The zero-order valence-corrected chi connectivity index (χ0v) is 12.0. The van der Waals surface area contributed by atoms with Gasteiger partial charge in [0.05, 0.1) is 0 Å².